The predicted octanol–water partition coefficient (Wildman–Crippen LogP) is 4.81. The number of nitrogens with zero attached hydrogens (tertiary/aromatic N) is 3. The minimum atomic E-state index is -0.0489. The summed E-state index contributed by atoms with van der Waals surface area (Å²) in [5, 5.41) is 1.31. The van der Waals surface area contributed by atoms with Gasteiger partial charge in [0.25, 0.3) is 5.56 Å². The van der Waals surface area contributed by atoms with Gasteiger partial charge in [0.1, 0.15) is 11.5 Å². The molecule has 27 heavy (non-hydrogen) atoms. The molecule has 4 rings (SSSR count). The topological polar surface area (TPSA) is 39.8 Å². The highest BCUT2D eigenvalue weighted by Gasteiger charge is 2.19. The Morgan fingerprint density at radius 2 is 1.63 bits per heavy atom. The maximum Gasteiger partial charge on any atom is 0.267 e. The molecule has 0 spiro atoms. The van der Waals surface area contributed by atoms with Crippen LogP contribution in [0.1, 0.15) is 22.6 Å². The lowest BCUT2D eigenvalue weighted by Crippen LogP contribution is -2.22. The molecule has 4 aromatic rings. The van der Waals surface area contributed by atoms with E-state index in [1.165, 1.54) is 5.56 Å². The number of halogens is 1. The first kappa shape index (κ1) is 17.6. The Morgan fingerprint density at radius 3 is 2.30 bits per heavy atom. The molecule has 0 unspecified atom stereocenters. The van der Waals surface area contributed by atoms with Crippen LogP contribution in [0.2, 0.25) is 5.02 Å². The summed E-state index contributed by atoms with van der Waals surface area (Å²) in [5.74, 6) is 0.654. The van der Waals surface area contributed by atoms with E-state index in [1.807, 2.05) is 51.1 Å². The van der Waals surface area contributed by atoms with Crippen LogP contribution in [-0.2, 0) is 6.54 Å². The van der Waals surface area contributed by atoms with Crippen molar-refractivity contribution < 1.29 is 0 Å². The van der Waals surface area contributed by atoms with Crippen LogP contribution in [0.5, 0.6) is 0 Å². The van der Waals surface area contributed by atoms with Crippen molar-refractivity contribution in [2.45, 2.75) is 27.3 Å². The Labute approximate surface area is 162 Å². The van der Waals surface area contributed by atoms with Gasteiger partial charge in [-0.25, -0.2) is 4.98 Å². The first-order valence-electron chi connectivity index (χ1n) is 8.86. The van der Waals surface area contributed by atoms with Crippen LogP contribution in [0.3, 0.4) is 0 Å². The maximum atomic E-state index is 13.4. The highest BCUT2D eigenvalue weighted by Crippen LogP contribution is 2.24. The van der Waals surface area contributed by atoms with E-state index < -0.39 is 0 Å². The highest BCUT2D eigenvalue weighted by molar-refractivity contribution is 6.30. The number of benzene rings is 2. The van der Waals surface area contributed by atoms with Gasteiger partial charge in [-0.05, 0) is 56.2 Å². The van der Waals surface area contributed by atoms with Gasteiger partial charge in [-0.3, -0.25) is 9.36 Å². The molecule has 136 valence electrons. The molecule has 4 nitrogen and oxygen atoms in total. The van der Waals surface area contributed by atoms with Crippen LogP contribution in [0, 0.1) is 20.8 Å². The fourth-order valence-electron chi connectivity index (χ4n) is 3.53. The summed E-state index contributed by atoms with van der Waals surface area (Å²) in [7, 11) is 0. The Kier molecular flexibility index (Phi) is 4.36. The van der Waals surface area contributed by atoms with E-state index in [4.69, 9.17) is 16.6 Å². The van der Waals surface area contributed by atoms with E-state index in [9.17, 15) is 4.79 Å². The molecule has 2 aromatic carbocycles. The highest BCUT2D eigenvalue weighted by atomic mass is 35.5. The molecule has 0 N–H and O–H groups in total. The van der Waals surface area contributed by atoms with E-state index >= 15 is 0 Å². The smallest absolute Gasteiger partial charge is 0.267 e. The summed E-state index contributed by atoms with van der Waals surface area (Å²) in [4.78, 5) is 18.2. The number of hydrogen-bond donors (Lipinski definition) is 0. The summed E-state index contributed by atoms with van der Waals surface area (Å²) in [6.45, 7) is 6.58. The van der Waals surface area contributed by atoms with Crippen LogP contribution in [0.4, 0.5) is 0 Å². The normalized spacial score (nSPS) is 11.3. The summed E-state index contributed by atoms with van der Waals surface area (Å²) < 4.78 is 3.78. The fourth-order valence-corrected chi connectivity index (χ4v) is 3.66. The molecule has 5 heteroatoms. The average Bonchev–Trinajstić information content (AvgIpc) is 2.89. The summed E-state index contributed by atoms with van der Waals surface area (Å²) in [6, 6.07) is 17.5. The van der Waals surface area contributed by atoms with Gasteiger partial charge in [0, 0.05) is 17.3 Å². The van der Waals surface area contributed by atoms with Crippen molar-refractivity contribution in [2.75, 3.05) is 0 Å². The quantitative estimate of drug-likeness (QED) is 0.513. The first-order valence-corrected chi connectivity index (χ1v) is 9.24. The van der Waals surface area contributed by atoms with Gasteiger partial charge in [-0.1, -0.05) is 41.9 Å². The van der Waals surface area contributed by atoms with Gasteiger partial charge >= 0.3 is 0 Å². The van der Waals surface area contributed by atoms with Crippen LogP contribution < -0.4 is 5.56 Å². The van der Waals surface area contributed by atoms with Crippen LogP contribution >= 0.6 is 11.6 Å². The van der Waals surface area contributed by atoms with Crippen molar-refractivity contribution >= 4 is 22.6 Å². The van der Waals surface area contributed by atoms with Crippen LogP contribution in [0.15, 0.2) is 59.4 Å². The van der Waals surface area contributed by atoms with Crippen molar-refractivity contribution in [3.63, 3.8) is 0 Å². The second-order valence-corrected chi connectivity index (χ2v) is 7.19. The third-order valence-corrected chi connectivity index (χ3v) is 5.33. The SMILES string of the molecule is Cc1c(C)n(Cc2ccccc2)c2nc(C)n(-c3ccc(Cl)cc3)c(=O)c12. The Bertz CT molecular complexity index is 1190. The summed E-state index contributed by atoms with van der Waals surface area (Å²) in [6.07, 6.45) is 0. The van der Waals surface area contributed by atoms with E-state index in [0.29, 0.717) is 22.8 Å². The Balaban J connectivity index is 1.96. The van der Waals surface area contributed by atoms with Crippen LogP contribution in [-0.4, -0.2) is 14.1 Å². The Morgan fingerprint density at radius 1 is 0.963 bits per heavy atom. The molecule has 0 radical (unpaired) electrons. The van der Waals surface area contributed by atoms with Gasteiger partial charge in [0.2, 0.25) is 0 Å². The lowest BCUT2D eigenvalue weighted by atomic mass is 10.2. The second kappa shape index (κ2) is 6.71. The standard InChI is InChI=1S/C22H20ClN3O/c1-14-15(2)25(13-17-7-5-4-6-8-17)21-20(14)22(27)26(16(3)24-21)19-11-9-18(23)10-12-19/h4-12H,13H2,1-3H3. The zero-order valence-corrected chi connectivity index (χ0v) is 16.3. The zero-order valence-electron chi connectivity index (χ0n) is 15.5. The number of fused-ring (bicyclic) bond motifs is 1. The van der Waals surface area contributed by atoms with E-state index in [2.05, 4.69) is 16.7 Å². The third-order valence-electron chi connectivity index (χ3n) is 5.08. The van der Waals surface area contributed by atoms with Gasteiger partial charge in [0.05, 0.1) is 11.1 Å². The van der Waals surface area contributed by atoms with Crippen molar-refractivity contribution in [2.24, 2.45) is 0 Å². The van der Waals surface area contributed by atoms with Crippen LogP contribution in [0.25, 0.3) is 16.7 Å². The van der Waals surface area contributed by atoms with Crippen molar-refractivity contribution in [3.8, 4) is 5.69 Å². The molecule has 0 bridgehead atoms. The molecule has 0 saturated carbocycles. The summed E-state index contributed by atoms with van der Waals surface area (Å²) >= 11 is 5.99. The van der Waals surface area contributed by atoms with E-state index in [-0.39, 0.29) is 5.56 Å². The van der Waals surface area contributed by atoms with Gasteiger partial charge in [-0.15, -0.1) is 0 Å². The monoisotopic (exact) mass is 377 g/mol. The molecule has 2 aromatic heterocycles. The number of rotatable bonds is 3. The average molecular weight is 378 g/mol. The van der Waals surface area contributed by atoms with Crippen molar-refractivity contribution in [1.82, 2.24) is 14.1 Å². The second-order valence-electron chi connectivity index (χ2n) is 6.76. The molecule has 0 saturated heterocycles. The minimum Gasteiger partial charge on any atom is -0.325 e. The number of hydrogen-bond acceptors (Lipinski definition) is 2. The van der Waals surface area contributed by atoms with E-state index in [1.54, 1.807) is 16.7 Å². The molecule has 0 amide bonds. The largest absolute Gasteiger partial charge is 0.325 e. The molecular weight excluding hydrogens is 358 g/mol. The predicted molar refractivity (Wildman–Crippen MR) is 110 cm³/mol. The molecule has 0 aliphatic carbocycles. The minimum absolute atomic E-state index is 0.0489. The Hall–Kier alpha value is -2.85. The zero-order chi connectivity index (χ0) is 19.1. The lowest BCUT2D eigenvalue weighted by Gasteiger charge is -2.12. The molecule has 0 fully saturated rings. The van der Waals surface area contributed by atoms with Gasteiger partial charge in [0.15, 0.2) is 0 Å². The summed E-state index contributed by atoms with van der Waals surface area (Å²) in [5.41, 5.74) is 4.67. The van der Waals surface area contributed by atoms with Gasteiger partial charge < -0.3 is 4.57 Å². The number of aromatic nitrogens is 3. The van der Waals surface area contributed by atoms with E-state index in [0.717, 1.165) is 22.6 Å². The van der Waals surface area contributed by atoms with Crippen molar-refractivity contribution in [1.29, 1.82) is 0 Å². The third kappa shape index (κ3) is 2.96. The molecule has 0 atom stereocenters. The lowest BCUT2D eigenvalue weighted by molar-refractivity contribution is 0.781. The molecule has 0 aliphatic heterocycles. The molecule has 0 aliphatic rings. The van der Waals surface area contributed by atoms with Gasteiger partial charge in [-0.2, -0.15) is 0 Å². The number of aryl methyl sites for hydroxylation is 2. The molecule has 2 heterocycles. The first-order chi connectivity index (χ1) is 13.0. The van der Waals surface area contributed by atoms with Crippen molar-refractivity contribution in [3.05, 3.63) is 92.6 Å². The molecular formula is C22H20ClN3O. The fraction of sp³-hybridized carbons (Fsp3) is 0.182. The maximum absolute atomic E-state index is 13.4.